The number of benzene rings is 3. The number of anilines is 2. The van der Waals surface area contributed by atoms with Crippen molar-refractivity contribution in [1.82, 2.24) is 40.2 Å². The average Bonchev–Trinajstić information content (AvgIpc) is 0.783. The first-order chi connectivity index (χ1) is 51.3. The molecule has 3 aliphatic heterocycles. The molecule has 5 fully saturated rings. The third-order valence-corrected chi connectivity index (χ3v) is 22.7. The van der Waals surface area contributed by atoms with Crippen molar-refractivity contribution >= 4 is 90.2 Å². The first-order valence-corrected chi connectivity index (χ1v) is 38.1. The van der Waals surface area contributed by atoms with Crippen LogP contribution in [0.3, 0.4) is 0 Å². The lowest BCUT2D eigenvalue weighted by atomic mass is 9.39. The largest absolute Gasteiger partial charge is 0.496 e. The number of para-hydroxylation sites is 1. The highest BCUT2D eigenvalue weighted by atomic mass is 32.2. The highest BCUT2D eigenvalue weighted by Gasteiger charge is 2.66. The highest BCUT2D eigenvalue weighted by Crippen LogP contribution is 2.72. The van der Waals surface area contributed by atoms with E-state index in [0.717, 1.165) is 76.2 Å². The minimum atomic E-state index is -4.78. The standard InChI is InChI=1S/C74H88N10O22S2/c1-42-48(46-18-20-55(79-59(46)66(93)94)82-26-23-45-49(32-82)47(17-19-52(45)101-5)64(91)80-69-78-50-12-8-9-13-54(50)107-69)31-76-84(42)41-73-36-71(2)35-72(3,37-73)39-74(38-71,40-73)104-29-27-81(4)70(97)103-33-43-15-16-44(105-68-62(90)60(88)61(89)63(106-68)67(95)96)30-53(43)102-28-11-24-75-65(92)51(34-108(98,99)100)77-56(85)14-7-6-10-25-83-57(86)21-22-58(83)87/h8-9,12-13,15-22,30-31,51,60-63,68,88-90H,6-7,10-11,14,23-29,32-41H2,1-5H3,(H,75,92)(H,77,85)(H,93,94)(H,95,96)(H,78,80,91)(H,98,99,100)/t51-,60-,61-,62+,63-,68+,71?,72?,73?,74?/m0/s1. The number of aromatic carboxylic acids is 1. The number of hydrogen-bond donors (Lipinski definition) is 9. The van der Waals surface area contributed by atoms with Crippen LogP contribution in [0.4, 0.5) is 15.7 Å². The SMILES string of the molecule is COc1ccc(C(=O)Nc2nc3ccccc3s2)c2c1CCN(c1ccc(-c3cnn(CC45CC6(C)CC(C)(C4)CC(OCCN(C)C(=O)OCc4ccc(O[C@@H]7O[C@H](C(=O)O)[C@@H](O)[C@H](O)[C@H]7O)cc4OCCCNC(=O)[C@H](CS(=O)(=O)O)NC(=O)CCCCCN4C(=O)C=CC4=O)(C6)C5)c3C)c(C(=O)O)n1)C2. The van der Waals surface area contributed by atoms with Crippen LogP contribution < -0.4 is 35.1 Å². The van der Waals surface area contributed by atoms with Crippen molar-refractivity contribution in [2.75, 3.05) is 69.5 Å². The maximum absolute atomic E-state index is 14.0. The normalized spacial score (nSPS) is 24.5. The minimum absolute atomic E-state index is 0.0320. The number of amides is 6. The van der Waals surface area contributed by atoms with Crippen LogP contribution in [0.2, 0.25) is 0 Å². The van der Waals surface area contributed by atoms with E-state index in [1.54, 1.807) is 38.6 Å². The zero-order valence-electron chi connectivity index (χ0n) is 60.3. The average molecular weight is 1530 g/mol. The van der Waals surface area contributed by atoms with Gasteiger partial charge in [0.1, 0.15) is 59.8 Å². The molecule has 2 unspecified atom stereocenters. The third-order valence-electron chi connectivity index (χ3n) is 21.0. The molecule has 3 aromatic heterocycles. The van der Waals surface area contributed by atoms with E-state index in [0.29, 0.717) is 72.2 Å². The number of rotatable bonds is 32. The molecule has 4 bridgehead atoms. The quantitative estimate of drug-likeness (QED) is 0.0137. The molecule has 6 amide bonds. The van der Waals surface area contributed by atoms with E-state index in [1.807, 2.05) is 46.8 Å². The molecule has 108 heavy (non-hydrogen) atoms. The number of carbonyl (C=O) groups excluding carboxylic acids is 6. The van der Waals surface area contributed by atoms with Crippen molar-refractivity contribution in [3.8, 4) is 28.4 Å². The number of aliphatic hydroxyl groups is 3. The molecule has 13 rings (SSSR count). The first kappa shape index (κ1) is 77.9. The maximum Gasteiger partial charge on any atom is 0.409 e. The van der Waals surface area contributed by atoms with Crippen LogP contribution in [0.25, 0.3) is 21.3 Å². The lowest BCUT2D eigenvalue weighted by molar-refractivity contribution is -0.271. The smallest absolute Gasteiger partial charge is 0.409 e. The zero-order valence-corrected chi connectivity index (χ0v) is 61.9. The molecule has 1 saturated heterocycles. The molecular formula is C74H88N10O22S2. The summed E-state index contributed by atoms with van der Waals surface area (Å²) >= 11 is 1.38. The molecule has 0 spiro atoms. The van der Waals surface area contributed by atoms with Crippen LogP contribution in [0.15, 0.2) is 85.1 Å². The number of pyridine rings is 1. The summed E-state index contributed by atoms with van der Waals surface area (Å²) in [5, 5.41) is 65.1. The number of aliphatic hydroxyl groups excluding tert-OH is 3. The van der Waals surface area contributed by atoms with Crippen LogP contribution in [0.1, 0.15) is 128 Å². The Morgan fingerprint density at radius 3 is 2.30 bits per heavy atom. The van der Waals surface area contributed by atoms with Crippen molar-refractivity contribution in [1.29, 1.82) is 0 Å². The summed E-state index contributed by atoms with van der Waals surface area (Å²) in [5.41, 5.74) is 3.82. The van der Waals surface area contributed by atoms with Crippen LogP contribution >= 0.6 is 11.3 Å². The number of ether oxygens (including phenoxy) is 6. The van der Waals surface area contributed by atoms with Crippen LogP contribution in [0, 0.1) is 23.2 Å². The second-order valence-corrected chi connectivity index (χ2v) is 32.2. The number of unbranched alkanes of at least 4 members (excludes halogenated alkanes) is 2. The minimum Gasteiger partial charge on any atom is -0.496 e. The number of methoxy groups -OCH3 is 1. The predicted molar refractivity (Wildman–Crippen MR) is 388 cm³/mol. The topological polar surface area (TPSA) is 437 Å². The lowest BCUT2D eigenvalue weighted by Gasteiger charge is -2.69. The summed E-state index contributed by atoms with van der Waals surface area (Å²) in [6.45, 7) is 7.58. The first-order valence-electron chi connectivity index (χ1n) is 35.6. The van der Waals surface area contributed by atoms with Crippen LogP contribution in [0.5, 0.6) is 17.2 Å². The number of nitrogens with one attached hydrogen (secondary N) is 3. The fourth-order valence-electron chi connectivity index (χ4n) is 17.2. The molecule has 34 heteroatoms. The molecule has 8 atom stereocenters. The fourth-order valence-corrected chi connectivity index (χ4v) is 18.7. The Morgan fingerprint density at radius 1 is 0.833 bits per heavy atom. The van der Waals surface area contributed by atoms with Gasteiger partial charge in [0.25, 0.3) is 27.8 Å². The van der Waals surface area contributed by atoms with Gasteiger partial charge in [0.15, 0.2) is 16.9 Å². The van der Waals surface area contributed by atoms with E-state index in [9.17, 15) is 76.9 Å². The number of thiazole rings is 1. The molecule has 4 saturated carbocycles. The van der Waals surface area contributed by atoms with Gasteiger partial charge in [-0.05, 0) is 141 Å². The summed E-state index contributed by atoms with van der Waals surface area (Å²) in [6.07, 6.45) is 0.263. The van der Waals surface area contributed by atoms with Crippen molar-refractivity contribution in [3.05, 3.63) is 119 Å². The van der Waals surface area contributed by atoms with E-state index in [4.69, 9.17) is 38.5 Å². The molecule has 7 aliphatic rings. The Kier molecular flexibility index (Phi) is 23.0. The number of aromatic nitrogens is 4. The van der Waals surface area contributed by atoms with Crippen LogP contribution in [-0.4, -0.2) is 217 Å². The second-order valence-electron chi connectivity index (χ2n) is 29.7. The van der Waals surface area contributed by atoms with Crippen molar-refractivity contribution in [2.45, 2.75) is 160 Å². The van der Waals surface area contributed by atoms with Gasteiger partial charge in [-0.25, -0.2) is 24.4 Å². The summed E-state index contributed by atoms with van der Waals surface area (Å²) in [4.78, 5) is 117. The Balaban J connectivity index is 0.667. The lowest BCUT2D eigenvalue weighted by Crippen LogP contribution is -2.64. The predicted octanol–water partition coefficient (Wildman–Crippen LogP) is 5.80. The van der Waals surface area contributed by atoms with Crippen molar-refractivity contribution in [2.24, 2.45) is 16.2 Å². The van der Waals surface area contributed by atoms with E-state index >= 15 is 0 Å². The van der Waals surface area contributed by atoms with Gasteiger partial charge in [-0.2, -0.15) is 13.5 Å². The number of aliphatic carboxylic acids is 1. The molecule has 4 aliphatic carbocycles. The van der Waals surface area contributed by atoms with Gasteiger partial charge in [0, 0.05) is 104 Å². The van der Waals surface area contributed by atoms with Crippen molar-refractivity contribution in [3.63, 3.8) is 0 Å². The number of imide groups is 1. The van der Waals surface area contributed by atoms with Gasteiger partial charge in [-0.15, -0.1) is 0 Å². The molecule has 6 heterocycles. The van der Waals surface area contributed by atoms with Crippen LogP contribution in [-0.2, 0) is 74.4 Å². The number of fused-ring (bicyclic) bond motifs is 2. The van der Waals surface area contributed by atoms with E-state index < -0.39 is 99.9 Å². The van der Waals surface area contributed by atoms with Gasteiger partial charge >= 0.3 is 18.0 Å². The number of nitrogens with zero attached hydrogens (tertiary/aromatic N) is 7. The van der Waals surface area contributed by atoms with Crippen molar-refractivity contribution < 1.29 is 105 Å². The Hall–Kier alpha value is -9.68. The second kappa shape index (κ2) is 31.9. The van der Waals surface area contributed by atoms with E-state index in [-0.39, 0.29) is 110 Å². The summed E-state index contributed by atoms with van der Waals surface area (Å²) in [7, 11) is -1.63. The molecule has 578 valence electrons. The number of carboxylic acids is 2. The summed E-state index contributed by atoms with van der Waals surface area (Å²) < 4.78 is 72.2. The molecule has 9 N–H and O–H groups in total. The molecular weight excluding hydrogens is 1440 g/mol. The highest BCUT2D eigenvalue weighted by molar-refractivity contribution is 7.85. The summed E-state index contributed by atoms with van der Waals surface area (Å²) in [5.74, 6) is -5.81. The number of hydrogen-bond acceptors (Lipinski definition) is 24. The molecule has 6 aromatic rings. The molecule has 3 aromatic carbocycles. The van der Waals surface area contributed by atoms with Gasteiger partial charge in [0.2, 0.25) is 18.1 Å². The number of carboxylic acid groups (broad SMARTS) is 2. The Bertz CT molecular complexity index is 4550. The number of likely N-dealkylation sites (N-methyl/N-ethyl adjacent to an activating group) is 1. The molecule has 32 nitrogen and oxygen atoms in total. The van der Waals surface area contributed by atoms with E-state index in [2.05, 4.69) is 34.8 Å². The Labute approximate surface area is 625 Å². The Morgan fingerprint density at radius 2 is 1.58 bits per heavy atom. The van der Waals surface area contributed by atoms with Gasteiger partial charge in [-0.1, -0.05) is 43.7 Å². The molecule has 0 radical (unpaired) electrons. The third kappa shape index (κ3) is 17.5. The fraction of sp³-hybridized carbons (Fsp3) is 0.500. The summed E-state index contributed by atoms with van der Waals surface area (Å²) in [6, 6.07) is 17.2. The maximum atomic E-state index is 14.0. The van der Waals surface area contributed by atoms with Gasteiger partial charge in [0.05, 0.1) is 42.3 Å². The van der Waals surface area contributed by atoms with Gasteiger partial charge < -0.3 is 74.4 Å². The zero-order chi connectivity index (χ0) is 77.2. The van der Waals surface area contributed by atoms with E-state index in [1.165, 1.54) is 34.4 Å². The van der Waals surface area contributed by atoms with Gasteiger partial charge in [-0.3, -0.25) is 43.4 Å². The number of carbonyl (C=O) groups is 8. The monoisotopic (exact) mass is 1530 g/mol.